The number of anilines is 2. The quantitative estimate of drug-likeness (QED) is 0.479. The Morgan fingerprint density at radius 2 is 2.12 bits per heavy atom. The van der Waals surface area contributed by atoms with Crippen molar-refractivity contribution in [3.05, 3.63) is 47.5 Å². The molecule has 1 aromatic heterocycles. The van der Waals surface area contributed by atoms with Gasteiger partial charge in [-0.1, -0.05) is 26.0 Å². The van der Waals surface area contributed by atoms with Crippen molar-refractivity contribution in [3.63, 3.8) is 0 Å². The molecule has 1 aliphatic rings. The molecule has 2 heterocycles. The third kappa shape index (κ3) is 6.85. The minimum atomic E-state index is -0.654. The van der Waals surface area contributed by atoms with Gasteiger partial charge in [0.25, 0.3) is 0 Å². The molecule has 4 N–H and O–H groups in total. The Morgan fingerprint density at radius 3 is 2.74 bits per heavy atom. The highest BCUT2D eigenvalue weighted by Crippen LogP contribution is 2.25. The first-order chi connectivity index (χ1) is 16.3. The van der Waals surface area contributed by atoms with E-state index in [9.17, 15) is 9.90 Å². The zero-order chi connectivity index (χ0) is 24.7. The normalized spacial score (nSPS) is 18.5. The molecular weight excluding hydrogens is 437 g/mol. The topological polar surface area (TPSA) is 131 Å². The number of halogens is 1. The Bertz CT molecular complexity index is 1010. The molecule has 0 unspecified atom stereocenters. The number of rotatable bonds is 10. The number of nitriles is 1. The van der Waals surface area contributed by atoms with Crippen LogP contribution in [0.5, 0.6) is 0 Å². The largest absolute Gasteiger partial charge is 0.391 e. The van der Waals surface area contributed by atoms with Gasteiger partial charge in [0.2, 0.25) is 11.7 Å². The van der Waals surface area contributed by atoms with Crippen LogP contribution in [0.4, 0.5) is 16.0 Å². The zero-order valence-corrected chi connectivity index (χ0v) is 19.6. The standard InChI is InChI=1S/C24H32FN7O2/c1-16(2)11-32(12-18-5-3-17(9-26)4-6-18)24-22(25)23(29-15-30-24)28-10-19-7-8-31(13-20(19)33)14-21(27)34/h3-6,15-16,19-20,33H,7-8,10-14H2,1-2H3,(H2,27,34)(H,28,29,30)/t19-,20+/m0/s1. The van der Waals surface area contributed by atoms with Crippen LogP contribution in [0, 0.1) is 29.0 Å². The number of carbonyl (C=O) groups is 1. The van der Waals surface area contributed by atoms with E-state index in [0.29, 0.717) is 44.7 Å². The van der Waals surface area contributed by atoms with Gasteiger partial charge < -0.3 is 21.1 Å². The fourth-order valence-electron chi connectivity index (χ4n) is 4.15. The molecule has 0 bridgehead atoms. The highest BCUT2D eigenvalue weighted by molar-refractivity contribution is 5.75. The smallest absolute Gasteiger partial charge is 0.231 e. The lowest BCUT2D eigenvalue weighted by atomic mass is 9.93. The molecule has 1 amide bonds. The summed E-state index contributed by atoms with van der Waals surface area (Å²) in [5, 5.41) is 22.5. The number of carbonyl (C=O) groups excluding carboxylic acids is 1. The number of β-amino-alcohol motifs (C(OH)–C–C–N with tert-alkyl or cyclic N) is 1. The highest BCUT2D eigenvalue weighted by atomic mass is 19.1. The maximum Gasteiger partial charge on any atom is 0.231 e. The molecule has 0 saturated carbocycles. The van der Waals surface area contributed by atoms with Gasteiger partial charge in [-0.25, -0.2) is 9.97 Å². The molecule has 0 radical (unpaired) electrons. The van der Waals surface area contributed by atoms with Gasteiger partial charge >= 0.3 is 0 Å². The van der Waals surface area contributed by atoms with E-state index >= 15 is 4.39 Å². The monoisotopic (exact) mass is 469 g/mol. The Kier molecular flexibility index (Phi) is 8.73. The molecule has 2 aromatic rings. The number of aliphatic hydroxyl groups excluding tert-OH is 1. The average molecular weight is 470 g/mol. The van der Waals surface area contributed by atoms with Crippen LogP contribution in [0.1, 0.15) is 31.4 Å². The third-order valence-electron chi connectivity index (χ3n) is 5.83. The summed E-state index contributed by atoms with van der Waals surface area (Å²) in [5.74, 6) is -0.515. The first-order valence-electron chi connectivity index (χ1n) is 11.4. The van der Waals surface area contributed by atoms with E-state index in [1.165, 1.54) is 6.33 Å². The Labute approximate surface area is 199 Å². The van der Waals surface area contributed by atoms with Crippen molar-refractivity contribution < 1.29 is 14.3 Å². The summed E-state index contributed by atoms with van der Waals surface area (Å²) >= 11 is 0. The van der Waals surface area contributed by atoms with E-state index in [1.807, 2.05) is 21.9 Å². The molecule has 34 heavy (non-hydrogen) atoms. The van der Waals surface area contributed by atoms with Crippen molar-refractivity contribution in [2.75, 3.05) is 42.9 Å². The van der Waals surface area contributed by atoms with Gasteiger partial charge in [-0.3, -0.25) is 9.69 Å². The number of piperidine rings is 1. The van der Waals surface area contributed by atoms with E-state index in [-0.39, 0.29) is 30.0 Å². The SMILES string of the molecule is CC(C)CN(Cc1ccc(C#N)cc1)c1ncnc(NC[C@@H]2CCN(CC(N)=O)C[C@H]2O)c1F. The van der Waals surface area contributed by atoms with Crippen molar-refractivity contribution in [2.24, 2.45) is 17.6 Å². The summed E-state index contributed by atoms with van der Waals surface area (Å²) in [5.41, 5.74) is 6.75. The van der Waals surface area contributed by atoms with Gasteiger partial charge in [-0.05, 0) is 36.6 Å². The van der Waals surface area contributed by atoms with Crippen LogP contribution in [0.2, 0.25) is 0 Å². The molecule has 1 fully saturated rings. The molecule has 9 nitrogen and oxygen atoms in total. The van der Waals surface area contributed by atoms with Crippen molar-refractivity contribution in [1.29, 1.82) is 5.26 Å². The van der Waals surface area contributed by atoms with Crippen LogP contribution in [0.3, 0.4) is 0 Å². The number of nitrogens with one attached hydrogen (secondary N) is 1. The predicted molar refractivity (Wildman–Crippen MR) is 127 cm³/mol. The molecule has 10 heteroatoms. The van der Waals surface area contributed by atoms with E-state index in [4.69, 9.17) is 11.0 Å². The Balaban J connectivity index is 1.70. The molecule has 0 aliphatic carbocycles. The summed E-state index contributed by atoms with van der Waals surface area (Å²) < 4.78 is 15.5. The zero-order valence-electron chi connectivity index (χ0n) is 19.6. The molecule has 1 aromatic carbocycles. The fourth-order valence-corrected chi connectivity index (χ4v) is 4.15. The number of nitrogens with zero attached hydrogens (tertiary/aromatic N) is 5. The van der Waals surface area contributed by atoms with E-state index in [1.54, 1.807) is 12.1 Å². The van der Waals surface area contributed by atoms with Gasteiger partial charge in [-0.2, -0.15) is 9.65 Å². The summed E-state index contributed by atoms with van der Waals surface area (Å²) in [6.07, 6.45) is 1.33. The van der Waals surface area contributed by atoms with E-state index < -0.39 is 17.8 Å². The number of benzene rings is 1. The molecule has 1 aliphatic heterocycles. The second kappa shape index (κ2) is 11.7. The average Bonchev–Trinajstić information content (AvgIpc) is 2.79. The van der Waals surface area contributed by atoms with Crippen LogP contribution >= 0.6 is 0 Å². The highest BCUT2D eigenvalue weighted by Gasteiger charge is 2.29. The Hall–Kier alpha value is -3.29. The first kappa shape index (κ1) is 25.3. The van der Waals surface area contributed by atoms with Crippen molar-refractivity contribution in [3.8, 4) is 6.07 Å². The molecule has 1 saturated heterocycles. The van der Waals surface area contributed by atoms with Crippen LogP contribution in [0.25, 0.3) is 0 Å². The lowest BCUT2D eigenvalue weighted by Gasteiger charge is -2.35. The van der Waals surface area contributed by atoms with Crippen molar-refractivity contribution in [2.45, 2.75) is 32.9 Å². The molecular formula is C24H32FN7O2. The van der Waals surface area contributed by atoms with Crippen LogP contribution < -0.4 is 16.0 Å². The molecule has 0 spiro atoms. The lowest BCUT2D eigenvalue weighted by Crippen LogP contribution is -2.48. The van der Waals surface area contributed by atoms with E-state index in [0.717, 1.165) is 5.56 Å². The number of amides is 1. The molecule has 2 atom stereocenters. The van der Waals surface area contributed by atoms with Gasteiger partial charge in [0.05, 0.1) is 24.3 Å². The minimum absolute atomic E-state index is 0.0883. The second-order valence-electron chi connectivity index (χ2n) is 9.14. The number of hydrogen-bond donors (Lipinski definition) is 3. The second-order valence-corrected chi connectivity index (χ2v) is 9.14. The number of nitrogens with two attached hydrogens (primary N) is 1. The summed E-state index contributed by atoms with van der Waals surface area (Å²) in [4.78, 5) is 23.1. The summed E-state index contributed by atoms with van der Waals surface area (Å²) in [7, 11) is 0. The number of aliphatic hydroxyl groups is 1. The van der Waals surface area contributed by atoms with Crippen LogP contribution in [0.15, 0.2) is 30.6 Å². The van der Waals surface area contributed by atoms with Gasteiger partial charge in [-0.15, -0.1) is 0 Å². The number of likely N-dealkylation sites (tertiary alicyclic amines) is 1. The third-order valence-corrected chi connectivity index (χ3v) is 5.83. The summed E-state index contributed by atoms with van der Waals surface area (Å²) in [6, 6.07) is 9.30. The lowest BCUT2D eigenvalue weighted by molar-refractivity contribution is -0.120. The predicted octanol–water partition coefficient (Wildman–Crippen LogP) is 1.73. The number of aromatic nitrogens is 2. The fraction of sp³-hybridized carbons (Fsp3) is 0.500. The van der Waals surface area contributed by atoms with E-state index in [2.05, 4.69) is 35.2 Å². The maximum atomic E-state index is 15.5. The van der Waals surface area contributed by atoms with Crippen LogP contribution in [-0.2, 0) is 11.3 Å². The minimum Gasteiger partial charge on any atom is -0.391 e. The van der Waals surface area contributed by atoms with Crippen molar-refractivity contribution >= 4 is 17.5 Å². The van der Waals surface area contributed by atoms with Gasteiger partial charge in [0, 0.05) is 32.1 Å². The number of primary amides is 1. The first-order valence-corrected chi connectivity index (χ1v) is 11.4. The van der Waals surface area contributed by atoms with Gasteiger partial charge in [0.15, 0.2) is 11.6 Å². The Morgan fingerprint density at radius 1 is 1.38 bits per heavy atom. The van der Waals surface area contributed by atoms with Crippen molar-refractivity contribution in [1.82, 2.24) is 14.9 Å². The van der Waals surface area contributed by atoms with Gasteiger partial charge in [0.1, 0.15) is 6.33 Å². The maximum absolute atomic E-state index is 15.5. The molecule has 3 rings (SSSR count). The number of hydrogen-bond acceptors (Lipinski definition) is 8. The van der Waals surface area contributed by atoms with Crippen LogP contribution in [-0.4, -0.2) is 64.7 Å². The molecule has 182 valence electrons. The summed E-state index contributed by atoms with van der Waals surface area (Å²) in [6.45, 7) is 6.58.